The van der Waals surface area contributed by atoms with E-state index in [-0.39, 0.29) is 11.8 Å². The maximum Gasteiger partial charge on any atom is 0.185 e. The van der Waals surface area contributed by atoms with E-state index in [0.717, 1.165) is 53.5 Å². The minimum Gasteiger partial charge on any atom is -0.402 e. The number of aromatic amines is 1. The lowest BCUT2D eigenvalue weighted by Crippen LogP contribution is -2.31. The van der Waals surface area contributed by atoms with Gasteiger partial charge in [0.1, 0.15) is 5.82 Å². The molecule has 4 aromatic rings. The fourth-order valence-electron chi connectivity index (χ4n) is 4.10. The maximum atomic E-state index is 13.9. The molecule has 3 aromatic heterocycles. The third-order valence-electron chi connectivity index (χ3n) is 5.59. The average Bonchev–Trinajstić information content (AvgIpc) is 3.46. The molecule has 0 unspecified atom stereocenters. The number of H-pyrrole nitrogens is 1. The average molecular weight is 409 g/mol. The highest BCUT2D eigenvalue weighted by molar-refractivity contribution is 5.79. The third kappa shape index (κ3) is 3.54. The van der Waals surface area contributed by atoms with E-state index in [0.29, 0.717) is 12.5 Å². The van der Waals surface area contributed by atoms with Crippen LogP contribution in [0.15, 0.2) is 55.0 Å². The van der Waals surface area contributed by atoms with Gasteiger partial charge in [-0.3, -0.25) is 5.10 Å². The molecule has 0 saturated carbocycles. The Morgan fingerprint density at radius 3 is 2.93 bits per heavy atom. The number of hydrogen-bond acceptors (Lipinski definition) is 4. The van der Waals surface area contributed by atoms with Gasteiger partial charge in [0.15, 0.2) is 11.6 Å². The van der Waals surface area contributed by atoms with Gasteiger partial charge in [-0.15, -0.1) is 5.06 Å². The van der Waals surface area contributed by atoms with Gasteiger partial charge in [-0.2, -0.15) is 5.10 Å². The highest BCUT2D eigenvalue weighted by Gasteiger charge is 2.32. The van der Waals surface area contributed by atoms with Crippen LogP contribution in [0.2, 0.25) is 0 Å². The zero-order valence-corrected chi connectivity index (χ0v) is 16.4. The van der Waals surface area contributed by atoms with Gasteiger partial charge in [-0.1, -0.05) is 0 Å². The van der Waals surface area contributed by atoms with Crippen LogP contribution in [-0.4, -0.2) is 37.4 Å². The smallest absolute Gasteiger partial charge is 0.185 e. The molecule has 0 aliphatic carbocycles. The Balaban J connectivity index is 1.30. The number of fused-ring (bicyclic) bond motifs is 1. The highest BCUT2D eigenvalue weighted by Crippen LogP contribution is 2.29. The van der Waals surface area contributed by atoms with Crippen molar-refractivity contribution in [3.05, 3.63) is 66.6 Å². The summed E-state index contributed by atoms with van der Waals surface area (Å²) < 4.78 is 29.5. The first-order valence-electron chi connectivity index (χ1n) is 9.91. The second kappa shape index (κ2) is 7.53. The molecule has 30 heavy (non-hydrogen) atoms. The summed E-state index contributed by atoms with van der Waals surface area (Å²) in [5, 5.41) is 8.52. The molecule has 0 radical (unpaired) electrons. The Bertz CT molecular complexity index is 1170. The molecule has 8 heteroatoms. The van der Waals surface area contributed by atoms with Gasteiger partial charge in [0, 0.05) is 43.2 Å². The van der Waals surface area contributed by atoms with Gasteiger partial charge in [-0.05, 0) is 49.6 Å². The summed E-state index contributed by atoms with van der Waals surface area (Å²) >= 11 is 0. The van der Waals surface area contributed by atoms with Crippen molar-refractivity contribution in [2.75, 3.05) is 6.54 Å². The van der Waals surface area contributed by atoms with Crippen LogP contribution in [0.5, 0.6) is 5.75 Å². The number of aromatic nitrogens is 4. The first kappa shape index (κ1) is 18.7. The molecule has 0 bridgehead atoms. The maximum absolute atomic E-state index is 13.9. The van der Waals surface area contributed by atoms with E-state index in [4.69, 9.17) is 9.82 Å². The molecule has 5 rings (SSSR count). The lowest BCUT2D eigenvalue weighted by molar-refractivity contribution is -0.0707. The van der Waals surface area contributed by atoms with Crippen molar-refractivity contribution in [3.63, 3.8) is 0 Å². The fourth-order valence-corrected chi connectivity index (χ4v) is 4.10. The largest absolute Gasteiger partial charge is 0.402 e. The number of halogens is 2. The SMILES string of the molecule is C[C@@H]1C[C@H](Cn2ccc3nc(-c4cn[nH]c4)ccc32)CN1Oc1cc(F)ccc1F. The van der Waals surface area contributed by atoms with Crippen LogP contribution in [0.1, 0.15) is 13.3 Å². The van der Waals surface area contributed by atoms with Crippen LogP contribution in [0.4, 0.5) is 8.78 Å². The molecule has 0 amide bonds. The van der Waals surface area contributed by atoms with Gasteiger partial charge in [0.05, 0.1) is 22.9 Å². The Labute approximate surface area is 172 Å². The molecule has 1 aliphatic heterocycles. The fraction of sp³-hybridized carbons (Fsp3) is 0.273. The van der Waals surface area contributed by atoms with Gasteiger partial charge in [0.25, 0.3) is 0 Å². The van der Waals surface area contributed by atoms with Crippen molar-refractivity contribution in [1.29, 1.82) is 0 Å². The molecule has 154 valence electrons. The molecule has 6 nitrogen and oxygen atoms in total. The second-order valence-electron chi connectivity index (χ2n) is 7.77. The van der Waals surface area contributed by atoms with Crippen LogP contribution in [-0.2, 0) is 6.54 Å². The van der Waals surface area contributed by atoms with Crippen molar-refractivity contribution in [1.82, 2.24) is 24.8 Å². The first-order valence-corrected chi connectivity index (χ1v) is 9.91. The molecular weight excluding hydrogens is 388 g/mol. The van der Waals surface area contributed by atoms with Crippen LogP contribution >= 0.6 is 0 Å². The van der Waals surface area contributed by atoms with Gasteiger partial charge < -0.3 is 9.40 Å². The number of hydrogen-bond donors (Lipinski definition) is 1. The summed E-state index contributed by atoms with van der Waals surface area (Å²) in [6, 6.07) is 9.42. The number of nitrogens with zero attached hydrogens (tertiary/aromatic N) is 4. The highest BCUT2D eigenvalue weighted by atomic mass is 19.1. The third-order valence-corrected chi connectivity index (χ3v) is 5.59. The van der Waals surface area contributed by atoms with Crippen molar-refractivity contribution < 1.29 is 13.6 Å². The van der Waals surface area contributed by atoms with Gasteiger partial charge >= 0.3 is 0 Å². The van der Waals surface area contributed by atoms with Crippen LogP contribution in [0.3, 0.4) is 0 Å². The molecule has 1 fully saturated rings. The topological polar surface area (TPSA) is 59.0 Å². The minimum absolute atomic E-state index is 0.0788. The molecular formula is C22H21F2N5O. The van der Waals surface area contributed by atoms with E-state index in [9.17, 15) is 8.78 Å². The summed E-state index contributed by atoms with van der Waals surface area (Å²) in [5.74, 6) is -0.843. The molecule has 1 aromatic carbocycles. The summed E-state index contributed by atoms with van der Waals surface area (Å²) in [5.41, 5.74) is 3.81. The van der Waals surface area contributed by atoms with E-state index in [1.807, 2.05) is 31.5 Å². The zero-order valence-electron chi connectivity index (χ0n) is 16.4. The van der Waals surface area contributed by atoms with E-state index >= 15 is 0 Å². The monoisotopic (exact) mass is 409 g/mol. The number of nitrogens with one attached hydrogen (secondary N) is 1. The normalized spacial score (nSPS) is 19.6. The summed E-state index contributed by atoms with van der Waals surface area (Å²) in [7, 11) is 0. The predicted octanol–water partition coefficient (Wildman–Crippen LogP) is 4.41. The number of pyridine rings is 1. The van der Waals surface area contributed by atoms with Gasteiger partial charge in [0.2, 0.25) is 0 Å². The minimum atomic E-state index is -0.567. The first-order chi connectivity index (χ1) is 14.6. The van der Waals surface area contributed by atoms with E-state index in [2.05, 4.69) is 20.8 Å². The van der Waals surface area contributed by atoms with Crippen molar-refractivity contribution in [2.45, 2.75) is 25.9 Å². The lowest BCUT2D eigenvalue weighted by atomic mass is 10.1. The van der Waals surface area contributed by atoms with Crippen LogP contribution in [0.25, 0.3) is 22.3 Å². The quantitative estimate of drug-likeness (QED) is 0.531. The molecule has 2 atom stereocenters. The molecule has 1 aliphatic rings. The second-order valence-corrected chi connectivity index (χ2v) is 7.77. The molecule has 4 heterocycles. The van der Waals surface area contributed by atoms with E-state index in [1.165, 1.54) is 0 Å². The Morgan fingerprint density at radius 2 is 2.10 bits per heavy atom. The number of hydroxylamine groups is 2. The van der Waals surface area contributed by atoms with Crippen LogP contribution < -0.4 is 4.84 Å². The van der Waals surface area contributed by atoms with Crippen LogP contribution in [0, 0.1) is 17.6 Å². The summed E-state index contributed by atoms with van der Waals surface area (Å²) in [6.07, 6.45) is 6.51. The zero-order chi connectivity index (χ0) is 20.7. The van der Waals surface area contributed by atoms with E-state index in [1.54, 1.807) is 11.3 Å². The van der Waals surface area contributed by atoms with E-state index < -0.39 is 11.6 Å². The molecule has 0 spiro atoms. The Morgan fingerprint density at radius 1 is 1.20 bits per heavy atom. The predicted molar refractivity (Wildman–Crippen MR) is 109 cm³/mol. The Kier molecular flexibility index (Phi) is 4.71. The van der Waals surface area contributed by atoms with Crippen molar-refractivity contribution >= 4 is 11.0 Å². The van der Waals surface area contributed by atoms with Crippen molar-refractivity contribution in [2.24, 2.45) is 5.92 Å². The van der Waals surface area contributed by atoms with Gasteiger partial charge in [-0.25, -0.2) is 13.8 Å². The molecule has 1 N–H and O–H groups in total. The summed E-state index contributed by atoms with van der Waals surface area (Å²) in [4.78, 5) is 10.4. The van der Waals surface area contributed by atoms with Crippen molar-refractivity contribution in [3.8, 4) is 17.0 Å². The number of rotatable bonds is 5. The molecule has 1 saturated heterocycles. The standard InChI is InChI=1S/C22H21F2N5O/c1-14-8-15(13-29(14)30-22-9-17(23)2-3-18(22)24)12-28-7-6-20-21(28)5-4-19(27-20)16-10-25-26-11-16/h2-7,9-11,14-15H,8,12-13H2,1H3,(H,25,26)/t14-,15-/m1/s1. The summed E-state index contributed by atoms with van der Waals surface area (Å²) in [6.45, 7) is 3.47. The number of benzene rings is 1. The lowest BCUT2D eigenvalue weighted by Gasteiger charge is -2.21. The Hall–Kier alpha value is -3.26.